The van der Waals surface area contributed by atoms with Crippen LogP contribution in [0.15, 0.2) is 29.0 Å². The zero-order valence-electron chi connectivity index (χ0n) is 14.7. The maximum atomic E-state index is 12.2. The Morgan fingerprint density at radius 2 is 2.30 bits per heavy atom. The van der Waals surface area contributed by atoms with E-state index in [1.807, 2.05) is 0 Å². The lowest BCUT2D eigenvalue weighted by atomic mass is 9.63. The number of Topliss-reactive ketones (excluding diaryl/α,β-unsaturated/α-hetero) is 1. The third-order valence-electron chi connectivity index (χ3n) is 6.01. The summed E-state index contributed by atoms with van der Waals surface area (Å²) in [5.41, 5.74) is 2.71. The highest BCUT2D eigenvalue weighted by molar-refractivity contribution is 5.98. The van der Waals surface area contributed by atoms with E-state index in [0.717, 1.165) is 31.4 Å². The van der Waals surface area contributed by atoms with Crippen molar-refractivity contribution >= 4 is 11.5 Å². The maximum absolute atomic E-state index is 12.2. The van der Waals surface area contributed by atoms with Gasteiger partial charge in [-0.15, -0.1) is 0 Å². The Balaban J connectivity index is 1.63. The molecule has 3 heteroatoms. The number of fused-ring (bicyclic) bond motifs is 1. The molecule has 2 fully saturated rings. The average molecular weight is 315 g/mol. The fourth-order valence-corrected chi connectivity index (χ4v) is 4.56. The lowest BCUT2D eigenvalue weighted by molar-refractivity contribution is -0.128. The first-order valence-corrected chi connectivity index (χ1v) is 9.07. The van der Waals surface area contributed by atoms with E-state index in [1.165, 1.54) is 24.8 Å². The van der Waals surface area contributed by atoms with E-state index in [2.05, 4.69) is 37.2 Å². The van der Waals surface area contributed by atoms with Crippen LogP contribution in [-0.4, -0.2) is 18.6 Å². The molecule has 0 aromatic rings. The Hall–Kier alpha value is -1.38. The van der Waals surface area contributed by atoms with Gasteiger partial charge in [-0.25, -0.2) is 0 Å². The van der Waals surface area contributed by atoms with Gasteiger partial charge in [0.15, 0.2) is 0 Å². The second-order valence-corrected chi connectivity index (χ2v) is 7.70. The minimum absolute atomic E-state index is 0.114. The van der Waals surface area contributed by atoms with Gasteiger partial charge in [0.05, 0.1) is 5.71 Å². The van der Waals surface area contributed by atoms with Crippen LogP contribution >= 0.6 is 0 Å². The first-order valence-electron chi connectivity index (χ1n) is 9.07. The molecular weight excluding hydrogens is 286 g/mol. The largest absolute Gasteiger partial charge is 0.399 e. The molecule has 3 aliphatic rings. The van der Waals surface area contributed by atoms with E-state index in [1.54, 1.807) is 7.11 Å². The molecule has 0 heterocycles. The Kier molecular flexibility index (Phi) is 4.74. The normalized spacial score (nSPS) is 32.8. The van der Waals surface area contributed by atoms with Crippen molar-refractivity contribution in [1.29, 1.82) is 0 Å². The first kappa shape index (κ1) is 16.5. The van der Waals surface area contributed by atoms with Gasteiger partial charge in [0.25, 0.3) is 0 Å². The molecule has 0 saturated heterocycles. The number of ketones is 1. The van der Waals surface area contributed by atoms with Crippen molar-refractivity contribution in [3.05, 3.63) is 23.8 Å². The van der Waals surface area contributed by atoms with E-state index in [0.29, 0.717) is 17.6 Å². The highest BCUT2D eigenvalue weighted by Gasteiger charge is 2.47. The quantitative estimate of drug-likeness (QED) is 0.405. The van der Waals surface area contributed by atoms with E-state index >= 15 is 0 Å². The third-order valence-corrected chi connectivity index (χ3v) is 6.01. The Morgan fingerprint density at radius 1 is 1.52 bits per heavy atom. The van der Waals surface area contributed by atoms with Crippen LogP contribution in [-0.2, 0) is 9.63 Å². The lowest BCUT2D eigenvalue weighted by Crippen LogP contribution is -2.36. The highest BCUT2D eigenvalue weighted by Crippen LogP contribution is 2.53. The minimum atomic E-state index is 0.114. The van der Waals surface area contributed by atoms with Gasteiger partial charge in [-0.3, -0.25) is 4.79 Å². The predicted octanol–water partition coefficient (Wildman–Crippen LogP) is 4.69. The van der Waals surface area contributed by atoms with E-state index < -0.39 is 0 Å². The van der Waals surface area contributed by atoms with Gasteiger partial charge < -0.3 is 4.84 Å². The molecule has 3 aliphatic carbocycles. The summed E-state index contributed by atoms with van der Waals surface area (Å²) in [4.78, 5) is 17.2. The summed E-state index contributed by atoms with van der Waals surface area (Å²) in [7, 11) is 1.61. The number of carbonyl (C=O) groups is 1. The SMILES string of the molecule is CON=C(C=CC[C@@H](C)C1=CC[C@H]2C(=O)CCC[C@]12C)C1CC1. The molecule has 126 valence electrons. The van der Waals surface area contributed by atoms with Crippen LogP contribution in [0.5, 0.6) is 0 Å². The first-order chi connectivity index (χ1) is 11.1. The van der Waals surface area contributed by atoms with E-state index in [9.17, 15) is 4.79 Å². The van der Waals surface area contributed by atoms with Gasteiger partial charge in [-0.05, 0) is 55.9 Å². The topological polar surface area (TPSA) is 38.7 Å². The predicted molar refractivity (Wildman–Crippen MR) is 93.2 cm³/mol. The number of rotatable bonds is 6. The van der Waals surface area contributed by atoms with Crippen molar-refractivity contribution in [2.75, 3.05) is 7.11 Å². The molecule has 3 nitrogen and oxygen atoms in total. The van der Waals surface area contributed by atoms with Crippen molar-refractivity contribution < 1.29 is 9.63 Å². The Labute approximate surface area is 139 Å². The molecule has 0 unspecified atom stereocenters. The van der Waals surface area contributed by atoms with Gasteiger partial charge >= 0.3 is 0 Å². The standard InChI is InChI=1S/C20H29NO2/c1-14(6-4-7-18(21-23-3)15-9-10-15)16-11-12-17-19(22)8-5-13-20(16,17)2/h4,7,11,14-15,17H,5-6,8-10,12-13H2,1-3H3/t14-,17+,20-/m1/s1. The number of hydrogen-bond acceptors (Lipinski definition) is 3. The molecule has 0 bridgehead atoms. The maximum Gasteiger partial charge on any atom is 0.137 e. The number of nitrogens with zero attached hydrogens (tertiary/aromatic N) is 1. The second kappa shape index (κ2) is 6.62. The smallest absolute Gasteiger partial charge is 0.137 e. The second-order valence-electron chi connectivity index (χ2n) is 7.70. The van der Waals surface area contributed by atoms with Crippen LogP contribution < -0.4 is 0 Å². The number of allylic oxidation sites excluding steroid dienone is 4. The summed E-state index contributed by atoms with van der Waals surface area (Å²) in [6.45, 7) is 4.61. The lowest BCUT2D eigenvalue weighted by Gasteiger charge is -2.40. The van der Waals surface area contributed by atoms with Gasteiger partial charge in [0.1, 0.15) is 12.9 Å². The van der Waals surface area contributed by atoms with Gasteiger partial charge in [0.2, 0.25) is 0 Å². The highest BCUT2D eigenvalue weighted by atomic mass is 16.6. The van der Waals surface area contributed by atoms with Crippen LogP contribution in [0.2, 0.25) is 0 Å². The fourth-order valence-electron chi connectivity index (χ4n) is 4.56. The third kappa shape index (κ3) is 3.29. The summed E-state index contributed by atoms with van der Waals surface area (Å²) in [5.74, 6) is 1.82. The van der Waals surface area contributed by atoms with Gasteiger partial charge in [0, 0.05) is 18.3 Å². The van der Waals surface area contributed by atoms with Crippen LogP contribution in [0.3, 0.4) is 0 Å². The molecule has 0 aromatic heterocycles. The summed E-state index contributed by atoms with van der Waals surface area (Å²) in [6, 6.07) is 0. The minimum Gasteiger partial charge on any atom is -0.399 e. The molecule has 0 amide bonds. The van der Waals surface area contributed by atoms with Crippen molar-refractivity contribution in [2.45, 2.75) is 58.8 Å². The molecule has 3 atom stereocenters. The molecule has 0 aromatic carbocycles. The van der Waals surface area contributed by atoms with E-state index in [4.69, 9.17) is 4.84 Å². The summed E-state index contributed by atoms with van der Waals surface area (Å²) >= 11 is 0. The van der Waals surface area contributed by atoms with Crippen molar-refractivity contribution in [1.82, 2.24) is 0 Å². The number of oxime groups is 1. The van der Waals surface area contributed by atoms with Gasteiger partial charge in [-0.2, -0.15) is 0 Å². The van der Waals surface area contributed by atoms with E-state index in [-0.39, 0.29) is 11.3 Å². The van der Waals surface area contributed by atoms with Crippen LogP contribution in [0.25, 0.3) is 0 Å². The molecule has 0 spiro atoms. The van der Waals surface area contributed by atoms with Crippen LogP contribution in [0.4, 0.5) is 0 Å². The Morgan fingerprint density at radius 3 is 3.00 bits per heavy atom. The number of carbonyl (C=O) groups excluding carboxylic acids is 1. The van der Waals surface area contributed by atoms with Crippen molar-refractivity contribution in [3.8, 4) is 0 Å². The zero-order valence-corrected chi connectivity index (χ0v) is 14.7. The van der Waals surface area contributed by atoms with Crippen molar-refractivity contribution in [2.24, 2.45) is 28.3 Å². The molecule has 23 heavy (non-hydrogen) atoms. The molecule has 0 aliphatic heterocycles. The van der Waals surface area contributed by atoms with Crippen LogP contribution in [0.1, 0.15) is 58.8 Å². The monoisotopic (exact) mass is 315 g/mol. The molecular formula is C20H29NO2. The molecule has 2 saturated carbocycles. The van der Waals surface area contributed by atoms with Crippen LogP contribution in [0, 0.1) is 23.2 Å². The fraction of sp³-hybridized carbons (Fsp3) is 0.700. The Bertz CT molecular complexity index is 556. The summed E-state index contributed by atoms with van der Waals surface area (Å²) in [6.07, 6.45) is 14.2. The molecule has 0 N–H and O–H groups in total. The zero-order chi connectivity index (χ0) is 16.4. The van der Waals surface area contributed by atoms with Gasteiger partial charge in [-0.1, -0.05) is 36.7 Å². The average Bonchev–Trinajstić information content (AvgIpc) is 3.28. The summed E-state index contributed by atoms with van der Waals surface area (Å²) < 4.78 is 0. The molecule has 3 rings (SSSR count). The number of hydrogen-bond donors (Lipinski definition) is 0. The molecule has 0 radical (unpaired) electrons. The van der Waals surface area contributed by atoms with Crippen molar-refractivity contribution in [3.63, 3.8) is 0 Å². The summed E-state index contributed by atoms with van der Waals surface area (Å²) in [5, 5.41) is 4.14.